The fourth-order valence-electron chi connectivity index (χ4n) is 2.23. The molecule has 0 aromatic rings. The minimum atomic E-state index is 0.131. The monoisotopic (exact) mass is 419 g/mol. The van der Waals surface area contributed by atoms with Gasteiger partial charge in [0.25, 0.3) is 0 Å². The van der Waals surface area contributed by atoms with Gasteiger partial charge in [0, 0.05) is 20.2 Å². The highest BCUT2D eigenvalue weighted by atomic mass is 16.6. The van der Waals surface area contributed by atoms with Gasteiger partial charge in [-0.2, -0.15) is 0 Å². The van der Waals surface area contributed by atoms with Crippen LogP contribution in [0.25, 0.3) is 0 Å². The second-order valence-corrected chi connectivity index (χ2v) is 8.29. The van der Waals surface area contributed by atoms with Crippen molar-refractivity contribution in [3.05, 3.63) is 0 Å². The molecule has 0 bridgehead atoms. The van der Waals surface area contributed by atoms with E-state index in [0.29, 0.717) is 71.3 Å². The number of carbonyl (C=O) groups is 1. The van der Waals surface area contributed by atoms with Gasteiger partial charge in [0.2, 0.25) is 5.91 Å². The van der Waals surface area contributed by atoms with Crippen molar-refractivity contribution < 1.29 is 28.5 Å². The Morgan fingerprint density at radius 3 is 1.55 bits per heavy atom. The van der Waals surface area contributed by atoms with Crippen molar-refractivity contribution in [2.45, 2.75) is 53.4 Å². The number of hydrogen-bond donors (Lipinski definition) is 0. The van der Waals surface area contributed by atoms with Gasteiger partial charge in [-0.25, -0.2) is 0 Å². The zero-order valence-electron chi connectivity index (χ0n) is 19.5. The molecule has 29 heavy (non-hydrogen) atoms. The third kappa shape index (κ3) is 21.8. The smallest absolute Gasteiger partial charge is 0.224 e. The third-order valence-corrected chi connectivity index (χ3v) is 4.22. The lowest BCUT2D eigenvalue weighted by Crippen LogP contribution is -2.28. The Morgan fingerprint density at radius 1 is 0.724 bits per heavy atom. The predicted molar refractivity (Wildman–Crippen MR) is 115 cm³/mol. The fourth-order valence-corrected chi connectivity index (χ4v) is 2.23. The van der Waals surface area contributed by atoms with Gasteiger partial charge in [0.05, 0.1) is 65.9 Å². The first kappa shape index (κ1) is 28.3. The summed E-state index contributed by atoms with van der Waals surface area (Å²) in [4.78, 5) is 13.6. The summed E-state index contributed by atoms with van der Waals surface area (Å²) in [5.74, 6) is 0.131. The van der Waals surface area contributed by atoms with Crippen LogP contribution >= 0.6 is 0 Å². The lowest BCUT2D eigenvalue weighted by Gasteiger charge is -2.17. The Morgan fingerprint density at radius 2 is 1.14 bits per heavy atom. The topological polar surface area (TPSA) is 66.5 Å². The van der Waals surface area contributed by atoms with E-state index in [0.717, 1.165) is 32.4 Å². The summed E-state index contributed by atoms with van der Waals surface area (Å²) >= 11 is 0. The zero-order valence-corrected chi connectivity index (χ0v) is 19.5. The van der Waals surface area contributed by atoms with Crippen molar-refractivity contribution in [2.24, 2.45) is 5.41 Å². The van der Waals surface area contributed by atoms with Gasteiger partial charge in [-0.1, -0.05) is 34.1 Å². The Labute approximate surface area is 178 Å². The molecular formula is C22H45NO6. The molecule has 0 heterocycles. The molecule has 0 radical (unpaired) electrons. The van der Waals surface area contributed by atoms with Crippen molar-refractivity contribution in [1.29, 1.82) is 0 Å². The standard InChI is InChI=1S/C22H45NO6/c1-6-7-10-23(5)21(24)8-11-25-13-15-27-17-19-29-20-18-28-16-14-26-12-9-22(2,3)4/h6-20H2,1-5H3. The van der Waals surface area contributed by atoms with Crippen molar-refractivity contribution in [3.63, 3.8) is 0 Å². The number of unbranched alkanes of at least 4 members (excludes halogenated alkanes) is 1. The predicted octanol–water partition coefficient (Wildman–Crippen LogP) is 3.15. The van der Waals surface area contributed by atoms with Gasteiger partial charge >= 0.3 is 0 Å². The van der Waals surface area contributed by atoms with Crippen molar-refractivity contribution in [1.82, 2.24) is 4.90 Å². The van der Waals surface area contributed by atoms with E-state index in [4.69, 9.17) is 23.7 Å². The van der Waals surface area contributed by atoms with Crippen LogP contribution in [0.4, 0.5) is 0 Å². The average molecular weight is 420 g/mol. The number of ether oxygens (including phenoxy) is 5. The SMILES string of the molecule is CCCCN(C)C(=O)CCOCCOCCOCCOCCOCCC(C)(C)C. The number of hydrogen-bond acceptors (Lipinski definition) is 6. The van der Waals surface area contributed by atoms with E-state index < -0.39 is 0 Å². The van der Waals surface area contributed by atoms with Gasteiger partial charge < -0.3 is 28.6 Å². The first-order valence-corrected chi connectivity index (χ1v) is 11.0. The quantitative estimate of drug-likeness (QED) is 0.283. The molecule has 0 rings (SSSR count). The molecule has 7 nitrogen and oxygen atoms in total. The number of amides is 1. The van der Waals surface area contributed by atoms with E-state index in [9.17, 15) is 4.79 Å². The minimum absolute atomic E-state index is 0.131. The summed E-state index contributed by atoms with van der Waals surface area (Å²) in [6.07, 6.45) is 3.60. The Balaban J connectivity index is 3.20. The highest BCUT2D eigenvalue weighted by Gasteiger charge is 2.09. The zero-order chi connectivity index (χ0) is 21.8. The maximum absolute atomic E-state index is 11.8. The van der Waals surface area contributed by atoms with E-state index in [1.165, 1.54) is 0 Å². The summed E-state index contributed by atoms with van der Waals surface area (Å²) < 4.78 is 27.3. The molecule has 0 aliphatic heterocycles. The average Bonchev–Trinajstić information content (AvgIpc) is 2.67. The van der Waals surface area contributed by atoms with Crippen LogP contribution in [0.2, 0.25) is 0 Å². The largest absolute Gasteiger partial charge is 0.379 e. The fraction of sp³-hybridized carbons (Fsp3) is 0.955. The lowest BCUT2D eigenvalue weighted by atomic mass is 9.93. The molecule has 1 amide bonds. The Hall–Kier alpha value is -0.730. The second-order valence-electron chi connectivity index (χ2n) is 8.29. The Kier molecular flexibility index (Phi) is 18.8. The van der Waals surface area contributed by atoms with Gasteiger partial charge in [0.1, 0.15) is 0 Å². The summed E-state index contributed by atoms with van der Waals surface area (Å²) in [6, 6.07) is 0. The van der Waals surface area contributed by atoms with E-state index in [1.807, 2.05) is 7.05 Å². The molecule has 0 saturated carbocycles. The molecule has 0 N–H and O–H groups in total. The molecule has 0 saturated heterocycles. The van der Waals surface area contributed by atoms with Crippen LogP contribution in [0.1, 0.15) is 53.4 Å². The minimum Gasteiger partial charge on any atom is -0.379 e. The molecule has 174 valence electrons. The molecule has 0 fully saturated rings. The van der Waals surface area contributed by atoms with Gasteiger partial charge in [-0.15, -0.1) is 0 Å². The van der Waals surface area contributed by atoms with Crippen molar-refractivity contribution in [2.75, 3.05) is 79.7 Å². The van der Waals surface area contributed by atoms with Crippen LogP contribution in [0.3, 0.4) is 0 Å². The summed E-state index contributed by atoms with van der Waals surface area (Å²) in [5, 5.41) is 0. The maximum atomic E-state index is 11.8. The molecule has 0 unspecified atom stereocenters. The van der Waals surface area contributed by atoms with E-state index >= 15 is 0 Å². The van der Waals surface area contributed by atoms with E-state index in [1.54, 1.807) is 4.90 Å². The first-order valence-electron chi connectivity index (χ1n) is 11.0. The van der Waals surface area contributed by atoms with Crippen molar-refractivity contribution >= 4 is 5.91 Å². The summed E-state index contributed by atoms with van der Waals surface area (Å²) in [7, 11) is 1.84. The van der Waals surface area contributed by atoms with E-state index in [-0.39, 0.29) is 5.91 Å². The molecule has 0 aromatic heterocycles. The number of nitrogens with zero attached hydrogens (tertiary/aromatic N) is 1. The lowest BCUT2D eigenvalue weighted by molar-refractivity contribution is -0.131. The summed E-state index contributed by atoms with van der Waals surface area (Å²) in [5.41, 5.74) is 0.312. The van der Waals surface area contributed by atoms with Crippen molar-refractivity contribution in [3.8, 4) is 0 Å². The van der Waals surface area contributed by atoms with Crippen LogP contribution in [-0.2, 0) is 28.5 Å². The Bertz CT molecular complexity index is 373. The molecule has 0 atom stereocenters. The molecular weight excluding hydrogens is 374 g/mol. The van der Waals surface area contributed by atoms with Crippen LogP contribution in [0.5, 0.6) is 0 Å². The second kappa shape index (κ2) is 19.2. The number of rotatable bonds is 20. The summed E-state index contributed by atoms with van der Waals surface area (Å²) in [6.45, 7) is 15.2. The van der Waals surface area contributed by atoms with E-state index in [2.05, 4.69) is 27.7 Å². The molecule has 7 heteroatoms. The normalized spacial score (nSPS) is 11.8. The van der Waals surface area contributed by atoms with Crippen LogP contribution in [-0.4, -0.2) is 90.5 Å². The number of carbonyl (C=O) groups excluding carboxylic acids is 1. The van der Waals surface area contributed by atoms with Gasteiger partial charge in [-0.3, -0.25) is 4.79 Å². The molecule has 0 aromatic carbocycles. The molecule has 0 aliphatic carbocycles. The highest BCUT2D eigenvalue weighted by molar-refractivity contribution is 5.75. The first-order chi connectivity index (χ1) is 13.9. The van der Waals surface area contributed by atoms with Gasteiger partial charge in [-0.05, 0) is 18.3 Å². The van der Waals surface area contributed by atoms with Gasteiger partial charge in [0.15, 0.2) is 0 Å². The van der Waals surface area contributed by atoms with Crippen LogP contribution in [0.15, 0.2) is 0 Å². The molecule has 0 aliphatic rings. The highest BCUT2D eigenvalue weighted by Crippen LogP contribution is 2.17. The van der Waals surface area contributed by atoms with Crippen LogP contribution < -0.4 is 0 Å². The third-order valence-electron chi connectivity index (χ3n) is 4.22. The molecule has 0 spiro atoms. The van der Waals surface area contributed by atoms with Crippen LogP contribution in [0, 0.1) is 5.41 Å². The maximum Gasteiger partial charge on any atom is 0.224 e.